The van der Waals surface area contributed by atoms with E-state index in [0.29, 0.717) is 48.4 Å². The highest BCUT2D eigenvalue weighted by Crippen LogP contribution is 2.45. The topological polar surface area (TPSA) is 85.0 Å². The third-order valence-corrected chi connectivity index (χ3v) is 16.9. The van der Waals surface area contributed by atoms with E-state index < -0.39 is 20.5 Å². The molecule has 4 rings (SSSR count). The fourth-order valence-corrected chi connectivity index (χ4v) is 14.0. The first kappa shape index (κ1) is 40.9. The first-order chi connectivity index (χ1) is 23.8. The zero-order valence-corrected chi connectivity index (χ0v) is 33.3. The standard InChI is InChI=1S/C41H66O8Si/c1-27(2)50(28(3)4,29(5)6)49-36(18-17-34-22-30(7)19-20-44-34)37-25-39-41(48-39)38(45-26-43-10)24-32(9)21-31(8)23-35-15-11-13-33(46-35)14-12-16-40(42)47-37/h11-13,16-19,27-29,31,33-39,41H,9,14-15,20-26H2,1-8,10H3/b16-12-,18-17+/t31-,33-,34+,35-,36+,37-,38-,39-,41-/m0/s1. The molecular formula is C41H66O8Si. The number of esters is 1. The van der Waals surface area contributed by atoms with Gasteiger partial charge in [0.2, 0.25) is 8.32 Å². The molecular weight excluding hydrogens is 649 g/mol. The smallest absolute Gasteiger partial charge is 0.330 e. The predicted octanol–water partition coefficient (Wildman–Crippen LogP) is 8.93. The summed E-state index contributed by atoms with van der Waals surface area (Å²) in [5, 5.41) is 0. The molecule has 0 amide bonds. The summed E-state index contributed by atoms with van der Waals surface area (Å²) in [6.45, 7) is 23.3. The molecule has 8 nitrogen and oxygen atoms in total. The quantitative estimate of drug-likeness (QED) is 0.0690. The Hall–Kier alpha value is -1.85. The lowest BCUT2D eigenvalue weighted by molar-refractivity contribution is -0.147. The number of hydrogen-bond acceptors (Lipinski definition) is 8. The molecule has 9 atom stereocenters. The van der Waals surface area contributed by atoms with Crippen LogP contribution in [-0.4, -0.2) is 83.6 Å². The van der Waals surface area contributed by atoms with Crippen LogP contribution in [-0.2, 0) is 37.6 Å². The van der Waals surface area contributed by atoms with E-state index in [4.69, 9.17) is 32.8 Å². The van der Waals surface area contributed by atoms with Gasteiger partial charge in [0.15, 0.2) is 0 Å². The maximum absolute atomic E-state index is 13.6. The molecule has 0 saturated carbocycles. The Morgan fingerprint density at radius 2 is 1.74 bits per heavy atom. The van der Waals surface area contributed by atoms with Crippen LogP contribution in [0.2, 0.25) is 16.6 Å². The molecule has 50 heavy (non-hydrogen) atoms. The fraction of sp³-hybridized carbons (Fsp3) is 0.732. The Balaban J connectivity index is 1.69. The van der Waals surface area contributed by atoms with Gasteiger partial charge in [-0.15, -0.1) is 0 Å². The lowest BCUT2D eigenvalue weighted by Gasteiger charge is -2.45. The number of carbonyl (C=O) groups excluding carboxylic acids is 1. The molecule has 4 aliphatic rings. The second kappa shape index (κ2) is 19.3. The summed E-state index contributed by atoms with van der Waals surface area (Å²) in [4.78, 5) is 13.6. The number of hydrogen-bond donors (Lipinski definition) is 0. The molecule has 4 heterocycles. The zero-order chi connectivity index (χ0) is 36.4. The number of epoxide rings is 1. The van der Waals surface area contributed by atoms with Crippen molar-refractivity contribution in [1.82, 2.24) is 0 Å². The minimum atomic E-state index is -2.40. The van der Waals surface area contributed by atoms with Crippen LogP contribution >= 0.6 is 0 Å². The average molecular weight is 715 g/mol. The number of methoxy groups -OCH3 is 1. The second-order valence-corrected chi connectivity index (χ2v) is 21.4. The van der Waals surface area contributed by atoms with E-state index in [-0.39, 0.29) is 49.4 Å². The van der Waals surface area contributed by atoms with Gasteiger partial charge in [-0.3, -0.25) is 0 Å². The van der Waals surface area contributed by atoms with E-state index in [1.807, 2.05) is 6.08 Å². The van der Waals surface area contributed by atoms with Crippen molar-refractivity contribution in [3.05, 3.63) is 60.3 Å². The summed E-state index contributed by atoms with van der Waals surface area (Å²) in [6.07, 6.45) is 17.8. The van der Waals surface area contributed by atoms with Crippen LogP contribution in [0.1, 0.15) is 100 Å². The van der Waals surface area contributed by atoms with E-state index in [1.54, 1.807) is 13.2 Å². The molecule has 0 N–H and O–H groups in total. The third-order valence-electron chi connectivity index (χ3n) is 10.8. The molecule has 1 fully saturated rings. The Kier molecular flexibility index (Phi) is 15.8. The summed E-state index contributed by atoms with van der Waals surface area (Å²) in [5.41, 5.74) is 3.48. The van der Waals surface area contributed by atoms with Gasteiger partial charge in [0.25, 0.3) is 0 Å². The van der Waals surface area contributed by atoms with E-state index in [1.165, 1.54) is 5.57 Å². The molecule has 282 valence electrons. The highest BCUT2D eigenvalue weighted by atomic mass is 28.4. The van der Waals surface area contributed by atoms with Crippen LogP contribution in [0.15, 0.2) is 60.3 Å². The summed E-state index contributed by atoms with van der Waals surface area (Å²) >= 11 is 0. The highest BCUT2D eigenvalue weighted by molar-refractivity contribution is 6.77. The minimum absolute atomic E-state index is 0.0633. The third kappa shape index (κ3) is 11.6. The molecule has 2 bridgehead atoms. The van der Waals surface area contributed by atoms with Gasteiger partial charge in [0.05, 0.1) is 37.1 Å². The number of carbonyl (C=O) groups is 1. The number of ether oxygens (including phenoxy) is 6. The van der Waals surface area contributed by atoms with Crippen molar-refractivity contribution in [2.75, 3.05) is 20.5 Å². The van der Waals surface area contributed by atoms with Gasteiger partial charge in [0.1, 0.15) is 25.1 Å². The SMILES string of the molecule is C=C1C[C@H](C)C[C@@H]2CC=C[C@@H](C/C=C\C(=O)O[C@H]([C@@H](/C=C/[C@@H]3CC(C)=CCO3)O[Si](C(C)C)(C(C)C)C(C)C)C[C@@H]3O[C@H]3[C@@H](OCOC)C1)O2. The predicted molar refractivity (Wildman–Crippen MR) is 201 cm³/mol. The normalized spacial score (nSPS) is 33.2. The Bertz CT molecular complexity index is 1200. The average Bonchev–Trinajstić information content (AvgIpc) is 3.81. The molecule has 0 radical (unpaired) electrons. The summed E-state index contributed by atoms with van der Waals surface area (Å²) in [5.74, 6) is 0.0243. The van der Waals surface area contributed by atoms with Crippen LogP contribution in [0.5, 0.6) is 0 Å². The van der Waals surface area contributed by atoms with Gasteiger partial charge in [-0.1, -0.05) is 103 Å². The molecule has 0 spiro atoms. The number of cyclic esters (lactones) is 1. The van der Waals surface area contributed by atoms with Crippen LogP contribution in [0.25, 0.3) is 0 Å². The monoisotopic (exact) mass is 714 g/mol. The van der Waals surface area contributed by atoms with Crippen LogP contribution in [0, 0.1) is 5.92 Å². The second-order valence-electron chi connectivity index (χ2n) is 16.0. The van der Waals surface area contributed by atoms with Crippen molar-refractivity contribution in [2.24, 2.45) is 5.92 Å². The summed E-state index contributed by atoms with van der Waals surface area (Å²) in [6, 6.07) is 0. The number of fused-ring (bicyclic) bond motifs is 3. The van der Waals surface area contributed by atoms with E-state index >= 15 is 0 Å². The van der Waals surface area contributed by atoms with Gasteiger partial charge in [-0.2, -0.15) is 0 Å². The van der Waals surface area contributed by atoms with Crippen LogP contribution in [0.3, 0.4) is 0 Å². The van der Waals surface area contributed by atoms with Crippen LogP contribution < -0.4 is 0 Å². The van der Waals surface area contributed by atoms with Crippen LogP contribution in [0.4, 0.5) is 0 Å². The van der Waals surface area contributed by atoms with E-state index in [0.717, 1.165) is 31.3 Å². The molecule has 0 aliphatic carbocycles. The Labute approximate surface area is 303 Å². The molecule has 9 heteroatoms. The molecule has 0 aromatic heterocycles. The fourth-order valence-electron chi connectivity index (χ4n) is 8.49. The molecule has 4 aliphatic heterocycles. The summed E-state index contributed by atoms with van der Waals surface area (Å²) in [7, 11) is -0.771. The highest BCUT2D eigenvalue weighted by Gasteiger charge is 2.51. The molecule has 0 aromatic carbocycles. The lowest BCUT2D eigenvalue weighted by Crippen LogP contribution is -2.52. The van der Waals surface area contributed by atoms with Gasteiger partial charge < -0.3 is 32.8 Å². The lowest BCUT2D eigenvalue weighted by atomic mass is 9.90. The van der Waals surface area contributed by atoms with Gasteiger partial charge in [-0.25, -0.2) is 4.79 Å². The van der Waals surface area contributed by atoms with Crippen molar-refractivity contribution in [2.45, 2.75) is 166 Å². The van der Waals surface area contributed by atoms with Crippen molar-refractivity contribution in [3.63, 3.8) is 0 Å². The number of rotatable bonds is 11. The van der Waals surface area contributed by atoms with Crippen molar-refractivity contribution in [3.8, 4) is 0 Å². The van der Waals surface area contributed by atoms with Gasteiger partial charge >= 0.3 is 5.97 Å². The first-order valence-corrected chi connectivity index (χ1v) is 21.2. The van der Waals surface area contributed by atoms with E-state index in [2.05, 4.69) is 92.3 Å². The zero-order valence-electron chi connectivity index (χ0n) is 32.3. The van der Waals surface area contributed by atoms with E-state index in [9.17, 15) is 4.79 Å². The van der Waals surface area contributed by atoms with Crippen molar-refractivity contribution < 1.29 is 37.6 Å². The maximum atomic E-state index is 13.6. The maximum Gasteiger partial charge on any atom is 0.330 e. The Morgan fingerprint density at radius 1 is 1.00 bits per heavy atom. The first-order valence-electron chi connectivity index (χ1n) is 19.1. The molecule has 1 saturated heterocycles. The van der Waals surface area contributed by atoms with Crippen molar-refractivity contribution >= 4 is 14.3 Å². The Morgan fingerprint density at radius 3 is 2.42 bits per heavy atom. The summed E-state index contributed by atoms with van der Waals surface area (Å²) < 4.78 is 44.2. The minimum Gasteiger partial charge on any atom is -0.456 e. The largest absolute Gasteiger partial charge is 0.456 e. The van der Waals surface area contributed by atoms with Crippen molar-refractivity contribution in [1.29, 1.82) is 0 Å². The molecule has 0 unspecified atom stereocenters. The molecule has 0 aromatic rings. The van der Waals surface area contributed by atoms with Gasteiger partial charge in [-0.05, 0) is 68.0 Å². The van der Waals surface area contributed by atoms with Gasteiger partial charge in [0, 0.05) is 19.6 Å².